The standard InChI is InChI=1S/C18H23F2N5O4/c1-17(28)4-12(13(21)26)25(7-17)16(27)11-5-22-14(24-8-18(19,20)9-24)15(23-11)29-6-10-2-3-10/h5,10,12,28H,2-4,6-9H2,1H3,(H2,21,26)/t12-,17?/m0/s1. The number of anilines is 1. The third-order valence-corrected chi connectivity index (χ3v) is 5.35. The van der Waals surface area contributed by atoms with Gasteiger partial charge in [0.05, 0.1) is 38.0 Å². The third kappa shape index (κ3) is 4.09. The second-order valence-electron chi connectivity index (χ2n) is 8.40. The molecule has 1 unspecified atom stereocenters. The van der Waals surface area contributed by atoms with Gasteiger partial charge < -0.3 is 25.4 Å². The number of primary amides is 1. The molecule has 9 nitrogen and oxygen atoms in total. The Morgan fingerprint density at radius 3 is 2.62 bits per heavy atom. The molecular weight excluding hydrogens is 388 g/mol. The smallest absolute Gasteiger partial charge is 0.282 e. The van der Waals surface area contributed by atoms with Gasteiger partial charge >= 0.3 is 0 Å². The third-order valence-electron chi connectivity index (χ3n) is 5.35. The number of ether oxygens (including phenoxy) is 1. The molecule has 3 N–H and O–H groups in total. The van der Waals surface area contributed by atoms with Crippen molar-refractivity contribution in [2.24, 2.45) is 11.7 Å². The Morgan fingerprint density at radius 1 is 1.34 bits per heavy atom. The maximum Gasteiger partial charge on any atom is 0.282 e. The van der Waals surface area contributed by atoms with Crippen molar-refractivity contribution in [3.8, 4) is 5.88 Å². The summed E-state index contributed by atoms with van der Waals surface area (Å²) in [5, 5.41) is 10.3. The topological polar surface area (TPSA) is 122 Å². The summed E-state index contributed by atoms with van der Waals surface area (Å²) in [6, 6.07) is -0.969. The number of carbonyl (C=O) groups is 2. The van der Waals surface area contributed by atoms with Crippen LogP contribution in [0.1, 0.15) is 36.7 Å². The number of likely N-dealkylation sites (tertiary alicyclic amines) is 1. The zero-order valence-corrected chi connectivity index (χ0v) is 16.0. The van der Waals surface area contributed by atoms with Crippen molar-refractivity contribution < 1.29 is 28.2 Å². The highest BCUT2D eigenvalue weighted by Crippen LogP contribution is 2.37. The molecule has 3 aliphatic rings. The Morgan fingerprint density at radius 2 is 2.03 bits per heavy atom. The fourth-order valence-corrected chi connectivity index (χ4v) is 3.61. The molecule has 3 fully saturated rings. The van der Waals surface area contributed by atoms with Gasteiger partial charge in [0.25, 0.3) is 17.7 Å². The number of carbonyl (C=O) groups excluding carboxylic acids is 2. The largest absolute Gasteiger partial charge is 0.475 e. The normalized spacial score (nSPS) is 28.2. The first-order chi connectivity index (χ1) is 13.5. The van der Waals surface area contributed by atoms with E-state index in [0.717, 1.165) is 17.7 Å². The number of alkyl halides is 2. The van der Waals surface area contributed by atoms with E-state index in [9.17, 15) is 23.5 Å². The van der Waals surface area contributed by atoms with Crippen LogP contribution in [0.25, 0.3) is 0 Å². The summed E-state index contributed by atoms with van der Waals surface area (Å²) in [6.07, 6.45) is 3.23. The summed E-state index contributed by atoms with van der Waals surface area (Å²) in [4.78, 5) is 35.5. The van der Waals surface area contributed by atoms with Crippen LogP contribution < -0.4 is 15.4 Å². The average molecular weight is 411 g/mol. The number of hydrogen-bond acceptors (Lipinski definition) is 7. The van der Waals surface area contributed by atoms with Gasteiger partial charge in [-0.1, -0.05) is 0 Å². The highest BCUT2D eigenvalue weighted by atomic mass is 19.3. The summed E-state index contributed by atoms with van der Waals surface area (Å²) < 4.78 is 32.2. The SMILES string of the molecule is CC1(O)C[C@@H](C(N)=O)N(C(=O)c2cnc(N3CC(F)(F)C3)c(OCC3CC3)n2)C1. The van der Waals surface area contributed by atoms with E-state index in [0.29, 0.717) is 12.5 Å². The first kappa shape index (κ1) is 19.7. The van der Waals surface area contributed by atoms with Crippen LogP contribution in [0, 0.1) is 5.92 Å². The molecule has 11 heteroatoms. The van der Waals surface area contributed by atoms with Gasteiger partial charge in [0.15, 0.2) is 11.5 Å². The predicted octanol–water partition coefficient (Wildman–Crippen LogP) is 0.172. The van der Waals surface area contributed by atoms with Crippen LogP contribution in [-0.4, -0.2) is 75.6 Å². The zero-order chi connectivity index (χ0) is 21.0. The Hall–Kier alpha value is -2.56. The average Bonchev–Trinajstić information content (AvgIpc) is 3.38. The van der Waals surface area contributed by atoms with Gasteiger partial charge in [0.2, 0.25) is 5.91 Å². The summed E-state index contributed by atoms with van der Waals surface area (Å²) >= 11 is 0. The second kappa shape index (κ2) is 6.75. The van der Waals surface area contributed by atoms with E-state index in [2.05, 4.69) is 9.97 Å². The molecular formula is C18H23F2N5O4. The molecule has 1 aliphatic carbocycles. The molecule has 1 aromatic heterocycles. The van der Waals surface area contributed by atoms with Gasteiger partial charge in [0.1, 0.15) is 6.04 Å². The van der Waals surface area contributed by atoms with Gasteiger partial charge in [0, 0.05) is 6.42 Å². The molecule has 2 amide bonds. The number of rotatable bonds is 6. The molecule has 2 saturated heterocycles. The van der Waals surface area contributed by atoms with Crippen molar-refractivity contribution in [3.05, 3.63) is 11.9 Å². The van der Waals surface area contributed by atoms with E-state index in [4.69, 9.17) is 10.5 Å². The molecule has 3 heterocycles. The number of hydrogen-bond donors (Lipinski definition) is 2. The number of halogens is 2. The van der Waals surface area contributed by atoms with Crippen LogP contribution in [0.3, 0.4) is 0 Å². The van der Waals surface area contributed by atoms with Crippen molar-refractivity contribution in [1.82, 2.24) is 14.9 Å². The number of nitrogens with zero attached hydrogens (tertiary/aromatic N) is 4. The van der Waals surface area contributed by atoms with Crippen molar-refractivity contribution in [1.29, 1.82) is 0 Å². The van der Waals surface area contributed by atoms with E-state index < -0.39 is 42.5 Å². The van der Waals surface area contributed by atoms with E-state index in [-0.39, 0.29) is 30.4 Å². The predicted molar refractivity (Wildman–Crippen MR) is 96.7 cm³/mol. The van der Waals surface area contributed by atoms with Gasteiger partial charge in [-0.2, -0.15) is 0 Å². The summed E-state index contributed by atoms with van der Waals surface area (Å²) in [7, 11) is 0. The minimum Gasteiger partial charge on any atom is -0.475 e. The number of amides is 2. The number of aliphatic hydroxyl groups is 1. The van der Waals surface area contributed by atoms with Crippen molar-refractivity contribution in [2.45, 2.75) is 43.8 Å². The van der Waals surface area contributed by atoms with Crippen LogP contribution >= 0.6 is 0 Å². The highest BCUT2D eigenvalue weighted by molar-refractivity contribution is 5.96. The van der Waals surface area contributed by atoms with Crippen molar-refractivity contribution in [2.75, 3.05) is 31.1 Å². The van der Waals surface area contributed by atoms with Gasteiger partial charge in [-0.05, 0) is 25.7 Å². The lowest BCUT2D eigenvalue weighted by Gasteiger charge is -2.39. The summed E-state index contributed by atoms with van der Waals surface area (Å²) in [5.74, 6) is -3.59. The van der Waals surface area contributed by atoms with Crippen LogP contribution in [0.15, 0.2) is 6.20 Å². The van der Waals surface area contributed by atoms with E-state index >= 15 is 0 Å². The van der Waals surface area contributed by atoms with E-state index in [1.54, 1.807) is 0 Å². The first-order valence-electron chi connectivity index (χ1n) is 9.50. The molecule has 0 spiro atoms. The molecule has 158 valence electrons. The van der Waals surface area contributed by atoms with Crippen molar-refractivity contribution >= 4 is 17.6 Å². The summed E-state index contributed by atoms with van der Waals surface area (Å²) in [5.41, 5.74) is 4.02. The minimum atomic E-state index is -2.79. The van der Waals surface area contributed by atoms with Crippen LogP contribution in [-0.2, 0) is 4.79 Å². The Labute approximate surface area is 165 Å². The van der Waals surface area contributed by atoms with Crippen LogP contribution in [0.5, 0.6) is 5.88 Å². The lowest BCUT2D eigenvalue weighted by molar-refractivity contribution is -0.121. The Balaban J connectivity index is 1.58. The molecule has 1 saturated carbocycles. The molecule has 0 radical (unpaired) electrons. The second-order valence-corrected chi connectivity index (χ2v) is 8.40. The molecule has 4 rings (SSSR count). The van der Waals surface area contributed by atoms with E-state index in [1.165, 1.54) is 18.0 Å². The molecule has 29 heavy (non-hydrogen) atoms. The van der Waals surface area contributed by atoms with Gasteiger partial charge in [-0.15, -0.1) is 0 Å². The minimum absolute atomic E-state index is 0.0137. The summed E-state index contributed by atoms with van der Waals surface area (Å²) in [6.45, 7) is 0.811. The van der Waals surface area contributed by atoms with Gasteiger partial charge in [-0.3, -0.25) is 9.59 Å². The maximum absolute atomic E-state index is 13.3. The molecule has 2 aliphatic heterocycles. The number of aromatic nitrogens is 2. The van der Waals surface area contributed by atoms with Crippen LogP contribution in [0.4, 0.5) is 14.6 Å². The van der Waals surface area contributed by atoms with Crippen LogP contribution in [0.2, 0.25) is 0 Å². The Bertz CT molecular complexity index is 838. The maximum atomic E-state index is 13.3. The molecule has 0 bridgehead atoms. The molecule has 2 atom stereocenters. The van der Waals surface area contributed by atoms with Crippen molar-refractivity contribution in [3.63, 3.8) is 0 Å². The molecule has 1 aromatic rings. The first-order valence-corrected chi connectivity index (χ1v) is 9.50. The Kier molecular flexibility index (Phi) is 4.60. The van der Waals surface area contributed by atoms with Gasteiger partial charge in [-0.25, -0.2) is 18.7 Å². The fraction of sp³-hybridized carbons (Fsp3) is 0.667. The zero-order valence-electron chi connectivity index (χ0n) is 16.0. The monoisotopic (exact) mass is 411 g/mol. The number of nitrogens with two attached hydrogens (primary N) is 1. The lowest BCUT2D eigenvalue weighted by atomic mass is 10.0. The fourth-order valence-electron chi connectivity index (χ4n) is 3.61. The highest BCUT2D eigenvalue weighted by Gasteiger charge is 2.47. The quantitative estimate of drug-likeness (QED) is 0.684. The lowest BCUT2D eigenvalue weighted by Crippen LogP contribution is -2.56. The number of β-amino-alcohol motifs (C(OH)–C–C–N with tert-alkyl or cyclic N) is 1. The molecule has 0 aromatic carbocycles. The van der Waals surface area contributed by atoms with E-state index in [1.807, 2.05) is 0 Å².